The third-order valence-electron chi connectivity index (χ3n) is 5.47. The number of benzene rings is 2. The van der Waals surface area contributed by atoms with E-state index in [1.165, 1.54) is 16.9 Å². The van der Waals surface area contributed by atoms with Crippen LogP contribution >= 0.6 is 34.5 Å². The maximum Gasteiger partial charge on any atom is 0.205 e. The van der Waals surface area contributed by atoms with Crippen molar-refractivity contribution in [2.24, 2.45) is 0 Å². The van der Waals surface area contributed by atoms with Crippen molar-refractivity contribution in [3.63, 3.8) is 0 Å². The Kier molecular flexibility index (Phi) is 5.95. The number of hydrogen-bond acceptors (Lipinski definition) is 5. The van der Waals surface area contributed by atoms with Crippen LogP contribution in [0.5, 0.6) is 0 Å². The first-order chi connectivity index (χ1) is 15.7. The molecule has 0 saturated carbocycles. The molecule has 0 aliphatic rings. The zero-order chi connectivity index (χ0) is 22.1. The van der Waals surface area contributed by atoms with Crippen molar-refractivity contribution in [2.45, 2.75) is 32.7 Å². The number of aryl methyl sites for hydroxylation is 1. The largest absolute Gasteiger partial charge is 0.322 e. The molecule has 0 fully saturated rings. The van der Waals surface area contributed by atoms with Gasteiger partial charge in [-0.1, -0.05) is 85.1 Å². The first kappa shape index (κ1) is 21.1. The van der Waals surface area contributed by atoms with E-state index in [4.69, 9.17) is 28.2 Å². The number of rotatable bonds is 7. The molecule has 5 aromatic rings. The average molecular weight is 483 g/mol. The van der Waals surface area contributed by atoms with Crippen LogP contribution in [0.1, 0.15) is 31.2 Å². The van der Waals surface area contributed by atoms with Crippen LogP contribution in [0.2, 0.25) is 8.67 Å². The molecular formula is C23H20Cl2N6S. The van der Waals surface area contributed by atoms with Crippen molar-refractivity contribution in [1.29, 1.82) is 0 Å². The fourth-order valence-corrected chi connectivity index (χ4v) is 5.49. The van der Waals surface area contributed by atoms with E-state index in [1.54, 1.807) is 0 Å². The second-order valence-electron chi connectivity index (χ2n) is 7.54. The molecule has 0 atom stereocenters. The first-order valence-corrected chi connectivity index (χ1v) is 12.0. The number of H-pyrrole nitrogens is 1. The molecular weight excluding hydrogens is 463 g/mol. The van der Waals surface area contributed by atoms with Gasteiger partial charge in [0.05, 0.1) is 0 Å². The van der Waals surface area contributed by atoms with Gasteiger partial charge in [0.2, 0.25) is 5.82 Å². The number of aromatic amines is 1. The maximum absolute atomic E-state index is 6.52. The van der Waals surface area contributed by atoms with Crippen LogP contribution in [0.25, 0.3) is 33.5 Å². The lowest BCUT2D eigenvalue weighted by Crippen LogP contribution is -2.05. The van der Waals surface area contributed by atoms with E-state index >= 15 is 0 Å². The standard InChI is InChI=1S/C23H20Cl2N6S/c1-2-3-8-18-26-19-20(22(25)32-21(19)24)31(18)13-14-9-11-15(12-10-14)16-6-4-5-7-17(16)23-27-29-30-28-23/h4-7,9-12H,2-3,8,13H2,1H3,(H,27,28,29,30). The molecule has 0 aliphatic carbocycles. The molecule has 0 bridgehead atoms. The first-order valence-electron chi connectivity index (χ1n) is 10.4. The number of halogens is 2. The number of unbranched alkanes of at least 4 members (excludes halogenated alkanes) is 1. The number of imidazole rings is 1. The highest BCUT2D eigenvalue weighted by Crippen LogP contribution is 2.39. The van der Waals surface area contributed by atoms with Gasteiger partial charge in [-0.15, -0.1) is 21.5 Å². The molecule has 0 spiro atoms. The second kappa shape index (κ2) is 9.02. The van der Waals surface area contributed by atoms with Gasteiger partial charge in [-0.2, -0.15) is 5.21 Å². The molecule has 0 aliphatic heterocycles. The van der Waals surface area contributed by atoms with Crippen molar-refractivity contribution < 1.29 is 0 Å². The summed E-state index contributed by atoms with van der Waals surface area (Å²) in [6.45, 7) is 2.87. The Labute approximate surface area is 199 Å². The zero-order valence-corrected chi connectivity index (χ0v) is 19.7. The topological polar surface area (TPSA) is 72.3 Å². The summed E-state index contributed by atoms with van der Waals surface area (Å²) in [5.74, 6) is 1.61. The molecule has 0 amide bonds. The normalized spacial score (nSPS) is 11.5. The van der Waals surface area contributed by atoms with E-state index in [2.05, 4.69) is 62.4 Å². The van der Waals surface area contributed by atoms with Crippen LogP contribution in [0, 0.1) is 0 Å². The number of fused-ring (bicyclic) bond motifs is 1. The summed E-state index contributed by atoms with van der Waals surface area (Å²) in [4.78, 5) is 4.81. The summed E-state index contributed by atoms with van der Waals surface area (Å²) in [5, 5.41) is 14.5. The Morgan fingerprint density at radius 1 is 1.00 bits per heavy atom. The van der Waals surface area contributed by atoms with Gasteiger partial charge in [0.1, 0.15) is 25.5 Å². The van der Waals surface area contributed by atoms with Gasteiger partial charge in [0, 0.05) is 18.5 Å². The van der Waals surface area contributed by atoms with Crippen molar-refractivity contribution in [3.05, 3.63) is 68.6 Å². The molecule has 0 radical (unpaired) electrons. The van der Waals surface area contributed by atoms with E-state index in [9.17, 15) is 0 Å². The Balaban J connectivity index is 1.49. The summed E-state index contributed by atoms with van der Waals surface area (Å²) < 4.78 is 3.54. The van der Waals surface area contributed by atoms with Crippen molar-refractivity contribution in [2.75, 3.05) is 0 Å². The number of hydrogen-bond donors (Lipinski definition) is 1. The summed E-state index contributed by atoms with van der Waals surface area (Å²) in [6.07, 6.45) is 3.08. The molecule has 2 aromatic carbocycles. The van der Waals surface area contributed by atoms with E-state index in [0.717, 1.165) is 52.8 Å². The number of aromatic nitrogens is 6. The second-order valence-corrected chi connectivity index (χ2v) is 9.77. The predicted octanol–water partition coefficient (Wildman–Crippen LogP) is 6.64. The minimum absolute atomic E-state index is 0.579. The Bertz CT molecular complexity index is 1360. The highest BCUT2D eigenvalue weighted by molar-refractivity contribution is 7.21. The highest BCUT2D eigenvalue weighted by Gasteiger charge is 2.19. The molecule has 3 aromatic heterocycles. The predicted molar refractivity (Wildman–Crippen MR) is 130 cm³/mol. The molecule has 32 heavy (non-hydrogen) atoms. The van der Waals surface area contributed by atoms with Gasteiger partial charge in [-0.3, -0.25) is 0 Å². The van der Waals surface area contributed by atoms with E-state index in [0.29, 0.717) is 21.0 Å². The Morgan fingerprint density at radius 3 is 2.50 bits per heavy atom. The lowest BCUT2D eigenvalue weighted by atomic mass is 9.98. The zero-order valence-electron chi connectivity index (χ0n) is 17.3. The van der Waals surface area contributed by atoms with Crippen LogP contribution in [0.4, 0.5) is 0 Å². The molecule has 5 rings (SSSR count). The Hall–Kier alpha value is -2.74. The van der Waals surface area contributed by atoms with Gasteiger partial charge >= 0.3 is 0 Å². The quantitative estimate of drug-likeness (QED) is 0.282. The average Bonchev–Trinajstić information content (AvgIpc) is 3.52. The van der Waals surface area contributed by atoms with Crippen LogP contribution in [0.15, 0.2) is 48.5 Å². The molecule has 0 saturated heterocycles. The number of thiophene rings is 1. The monoisotopic (exact) mass is 482 g/mol. The maximum atomic E-state index is 6.52. The summed E-state index contributed by atoms with van der Waals surface area (Å²) in [5.41, 5.74) is 5.99. The molecule has 1 N–H and O–H groups in total. The molecule has 3 heterocycles. The molecule has 9 heteroatoms. The minimum Gasteiger partial charge on any atom is -0.322 e. The number of nitrogens with one attached hydrogen (secondary N) is 1. The van der Waals surface area contributed by atoms with Crippen LogP contribution < -0.4 is 0 Å². The van der Waals surface area contributed by atoms with Crippen molar-refractivity contribution in [1.82, 2.24) is 30.2 Å². The third kappa shape index (κ3) is 3.92. The third-order valence-corrected chi connectivity index (χ3v) is 7.04. The summed E-state index contributed by atoms with van der Waals surface area (Å²) in [6, 6.07) is 16.6. The Morgan fingerprint density at radius 2 is 1.78 bits per heavy atom. The fraction of sp³-hybridized carbons (Fsp3) is 0.217. The van der Waals surface area contributed by atoms with Crippen LogP contribution in [0.3, 0.4) is 0 Å². The van der Waals surface area contributed by atoms with Crippen molar-refractivity contribution >= 4 is 45.6 Å². The minimum atomic E-state index is 0.579. The highest BCUT2D eigenvalue weighted by atomic mass is 35.5. The number of nitrogens with zero attached hydrogens (tertiary/aromatic N) is 5. The van der Waals surface area contributed by atoms with Crippen LogP contribution in [-0.2, 0) is 13.0 Å². The van der Waals surface area contributed by atoms with Crippen LogP contribution in [-0.4, -0.2) is 30.2 Å². The molecule has 162 valence electrons. The van der Waals surface area contributed by atoms with E-state index in [-0.39, 0.29) is 0 Å². The van der Waals surface area contributed by atoms with Gasteiger partial charge < -0.3 is 4.57 Å². The molecule has 0 unspecified atom stereocenters. The lowest BCUT2D eigenvalue weighted by molar-refractivity contribution is 0.690. The van der Waals surface area contributed by atoms with Crippen molar-refractivity contribution in [3.8, 4) is 22.5 Å². The van der Waals surface area contributed by atoms with E-state index in [1.807, 2.05) is 18.2 Å². The summed E-state index contributed by atoms with van der Waals surface area (Å²) >= 11 is 14.3. The lowest BCUT2D eigenvalue weighted by Gasteiger charge is -2.11. The van der Waals surface area contributed by atoms with Gasteiger partial charge in [0.25, 0.3) is 0 Å². The smallest absolute Gasteiger partial charge is 0.205 e. The van der Waals surface area contributed by atoms with Gasteiger partial charge in [-0.25, -0.2) is 4.98 Å². The molecule has 6 nitrogen and oxygen atoms in total. The SMILES string of the molecule is CCCCc1nc2c(Cl)sc(Cl)c2n1Cc1ccc(-c2ccccc2-c2nn[nH]n2)cc1. The van der Waals surface area contributed by atoms with Gasteiger partial charge in [-0.05, 0) is 28.3 Å². The van der Waals surface area contributed by atoms with E-state index < -0.39 is 0 Å². The van der Waals surface area contributed by atoms with Gasteiger partial charge in [0.15, 0.2) is 0 Å². The number of tetrazole rings is 1. The fourth-order valence-electron chi connectivity index (χ4n) is 3.88. The summed E-state index contributed by atoms with van der Waals surface area (Å²) in [7, 11) is 0.